The van der Waals surface area contributed by atoms with E-state index in [9.17, 15) is 13.2 Å². The Bertz CT molecular complexity index is 619. The zero-order valence-corrected chi connectivity index (χ0v) is 14.1. The van der Waals surface area contributed by atoms with Gasteiger partial charge in [0, 0.05) is 31.1 Å². The van der Waals surface area contributed by atoms with Crippen molar-refractivity contribution in [2.45, 2.75) is 45.6 Å². The summed E-state index contributed by atoms with van der Waals surface area (Å²) in [7, 11) is -3.19. The van der Waals surface area contributed by atoms with Crippen molar-refractivity contribution < 1.29 is 17.7 Å². The van der Waals surface area contributed by atoms with E-state index in [1.807, 2.05) is 13.8 Å². The zero-order valence-electron chi connectivity index (χ0n) is 13.3. The fourth-order valence-electron chi connectivity index (χ4n) is 2.76. The van der Waals surface area contributed by atoms with E-state index in [2.05, 4.69) is 10.5 Å². The summed E-state index contributed by atoms with van der Waals surface area (Å²) in [5, 5.41) is 6.79. The van der Waals surface area contributed by atoms with E-state index < -0.39 is 10.0 Å². The molecule has 8 heteroatoms. The maximum absolute atomic E-state index is 12.1. The van der Waals surface area contributed by atoms with E-state index >= 15 is 0 Å². The van der Waals surface area contributed by atoms with Crippen LogP contribution in [-0.2, 0) is 21.2 Å². The summed E-state index contributed by atoms with van der Waals surface area (Å²) in [6.45, 7) is 4.58. The number of hydrogen-bond donors (Lipinski definition) is 1. The number of amides is 1. The van der Waals surface area contributed by atoms with Gasteiger partial charge < -0.3 is 9.84 Å². The van der Waals surface area contributed by atoms with Crippen LogP contribution in [0.3, 0.4) is 0 Å². The van der Waals surface area contributed by atoms with E-state index in [1.54, 1.807) is 0 Å². The van der Waals surface area contributed by atoms with Crippen LogP contribution in [0.5, 0.6) is 0 Å². The molecular weight excluding hydrogens is 306 g/mol. The van der Waals surface area contributed by atoms with Crippen molar-refractivity contribution in [3.05, 3.63) is 17.0 Å². The number of sulfonamides is 1. The highest BCUT2D eigenvalue weighted by Crippen LogP contribution is 2.15. The van der Waals surface area contributed by atoms with Crippen LogP contribution in [0.1, 0.15) is 36.3 Å². The second kappa shape index (κ2) is 6.78. The number of rotatable bonds is 5. The molecule has 1 saturated heterocycles. The quantitative estimate of drug-likeness (QED) is 0.861. The summed E-state index contributed by atoms with van der Waals surface area (Å²) in [5.41, 5.74) is 1.78. The Morgan fingerprint density at radius 1 is 1.45 bits per heavy atom. The number of aryl methyl sites for hydroxylation is 2. The predicted octanol–water partition coefficient (Wildman–Crippen LogP) is 0.764. The molecule has 0 saturated carbocycles. The number of carbonyl (C=O) groups is 1. The molecule has 1 fully saturated rings. The molecule has 1 amide bonds. The van der Waals surface area contributed by atoms with Crippen LogP contribution in [-0.4, -0.2) is 49.2 Å². The average molecular weight is 329 g/mol. The van der Waals surface area contributed by atoms with E-state index in [-0.39, 0.29) is 11.9 Å². The molecule has 7 nitrogen and oxygen atoms in total. The summed E-state index contributed by atoms with van der Waals surface area (Å²) in [5.74, 6) is 0.673. The molecule has 1 aromatic rings. The second-order valence-corrected chi connectivity index (χ2v) is 7.81. The number of hydrogen-bond acceptors (Lipinski definition) is 5. The van der Waals surface area contributed by atoms with Crippen LogP contribution >= 0.6 is 0 Å². The van der Waals surface area contributed by atoms with Gasteiger partial charge >= 0.3 is 0 Å². The number of aromatic nitrogens is 1. The van der Waals surface area contributed by atoms with E-state index in [1.165, 1.54) is 10.6 Å². The largest absolute Gasteiger partial charge is 0.361 e. The van der Waals surface area contributed by atoms with Gasteiger partial charge in [-0.25, -0.2) is 12.7 Å². The standard InChI is InChI=1S/C14H23N3O4S/c1-10-13(11(2)21-16-10)6-7-14(18)15-12-5-4-8-17(9-12)22(3,19)20/h12H,4-9H2,1-3H3,(H,15,18)/t12-/m0/s1. The highest BCUT2D eigenvalue weighted by molar-refractivity contribution is 7.88. The van der Waals surface area contributed by atoms with Crippen molar-refractivity contribution in [2.24, 2.45) is 0 Å². The number of piperidine rings is 1. The fourth-order valence-corrected chi connectivity index (χ4v) is 3.67. The first-order valence-electron chi connectivity index (χ1n) is 7.43. The lowest BCUT2D eigenvalue weighted by Crippen LogP contribution is -2.49. The maximum atomic E-state index is 12.1. The molecule has 1 atom stereocenters. The highest BCUT2D eigenvalue weighted by Gasteiger charge is 2.26. The monoisotopic (exact) mass is 329 g/mol. The van der Waals surface area contributed by atoms with Crippen LogP contribution in [0.15, 0.2) is 4.52 Å². The molecule has 1 aromatic heterocycles. The Hall–Kier alpha value is -1.41. The first kappa shape index (κ1) is 17.0. The summed E-state index contributed by atoms with van der Waals surface area (Å²) in [6, 6.07) is -0.111. The van der Waals surface area contributed by atoms with E-state index in [0.717, 1.165) is 29.9 Å². The molecule has 0 aliphatic carbocycles. The van der Waals surface area contributed by atoms with Crippen LogP contribution < -0.4 is 5.32 Å². The predicted molar refractivity (Wildman–Crippen MR) is 81.9 cm³/mol. The van der Waals surface area contributed by atoms with Crippen molar-refractivity contribution in [1.29, 1.82) is 0 Å². The minimum atomic E-state index is -3.19. The number of nitrogens with one attached hydrogen (secondary N) is 1. The number of carbonyl (C=O) groups excluding carboxylic acids is 1. The highest BCUT2D eigenvalue weighted by atomic mass is 32.2. The lowest BCUT2D eigenvalue weighted by molar-refractivity contribution is -0.122. The van der Waals surface area contributed by atoms with Crippen molar-refractivity contribution in [3.8, 4) is 0 Å². The summed E-state index contributed by atoms with van der Waals surface area (Å²) in [6.07, 6.45) is 3.70. The Labute approximate surface area is 131 Å². The number of nitrogens with zero attached hydrogens (tertiary/aromatic N) is 2. The third-order valence-electron chi connectivity index (χ3n) is 4.00. The first-order valence-corrected chi connectivity index (χ1v) is 9.28. The van der Waals surface area contributed by atoms with Gasteiger partial charge in [-0.15, -0.1) is 0 Å². The van der Waals surface area contributed by atoms with Gasteiger partial charge in [-0.2, -0.15) is 0 Å². The van der Waals surface area contributed by atoms with Crippen molar-refractivity contribution >= 4 is 15.9 Å². The van der Waals surface area contributed by atoms with Crippen molar-refractivity contribution in [1.82, 2.24) is 14.8 Å². The molecule has 1 aliphatic heterocycles. The molecule has 1 N–H and O–H groups in total. The topological polar surface area (TPSA) is 92.5 Å². The van der Waals surface area contributed by atoms with Crippen LogP contribution in [0.2, 0.25) is 0 Å². The van der Waals surface area contributed by atoms with Gasteiger partial charge in [0.2, 0.25) is 15.9 Å². The van der Waals surface area contributed by atoms with Crippen LogP contribution in [0, 0.1) is 13.8 Å². The minimum absolute atomic E-state index is 0.0691. The normalized spacial score (nSPS) is 20.0. The molecule has 124 valence electrons. The van der Waals surface area contributed by atoms with E-state index in [0.29, 0.717) is 25.9 Å². The molecule has 2 heterocycles. The van der Waals surface area contributed by atoms with Gasteiger partial charge in [-0.05, 0) is 33.1 Å². The van der Waals surface area contributed by atoms with Gasteiger partial charge in [-0.3, -0.25) is 4.79 Å². The first-order chi connectivity index (χ1) is 10.3. The smallest absolute Gasteiger partial charge is 0.220 e. The molecular formula is C14H23N3O4S. The Balaban J connectivity index is 1.84. The van der Waals surface area contributed by atoms with Crippen molar-refractivity contribution in [2.75, 3.05) is 19.3 Å². The zero-order chi connectivity index (χ0) is 16.3. The Morgan fingerprint density at radius 3 is 2.77 bits per heavy atom. The summed E-state index contributed by atoms with van der Waals surface area (Å²) >= 11 is 0. The van der Waals surface area contributed by atoms with Crippen LogP contribution in [0.4, 0.5) is 0 Å². The molecule has 0 unspecified atom stereocenters. The molecule has 0 bridgehead atoms. The molecule has 1 aliphatic rings. The van der Waals surface area contributed by atoms with Gasteiger partial charge in [-0.1, -0.05) is 5.16 Å². The minimum Gasteiger partial charge on any atom is -0.361 e. The van der Waals surface area contributed by atoms with Crippen molar-refractivity contribution in [3.63, 3.8) is 0 Å². The molecule has 0 radical (unpaired) electrons. The molecule has 0 aromatic carbocycles. The van der Waals surface area contributed by atoms with Gasteiger partial charge in [0.05, 0.1) is 11.9 Å². The SMILES string of the molecule is Cc1noc(C)c1CCC(=O)N[C@H]1CCCN(S(C)(=O)=O)C1. The van der Waals surface area contributed by atoms with Gasteiger partial charge in [0.1, 0.15) is 5.76 Å². The Morgan fingerprint density at radius 2 is 2.18 bits per heavy atom. The maximum Gasteiger partial charge on any atom is 0.220 e. The molecule has 2 rings (SSSR count). The fraction of sp³-hybridized carbons (Fsp3) is 0.714. The summed E-state index contributed by atoms with van der Waals surface area (Å²) < 4.78 is 29.6. The van der Waals surface area contributed by atoms with Gasteiger partial charge in [0.25, 0.3) is 0 Å². The lowest BCUT2D eigenvalue weighted by atomic mass is 10.1. The Kier molecular flexibility index (Phi) is 5.23. The second-order valence-electron chi connectivity index (χ2n) is 5.83. The third kappa shape index (κ3) is 4.30. The summed E-state index contributed by atoms with van der Waals surface area (Å²) in [4.78, 5) is 12.1. The molecule has 0 spiro atoms. The van der Waals surface area contributed by atoms with E-state index in [4.69, 9.17) is 4.52 Å². The van der Waals surface area contributed by atoms with Gasteiger partial charge in [0.15, 0.2) is 0 Å². The average Bonchev–Trinajstić information content (AvgIpc) is 2.75. The lowest BCUT2D eigenvalue weighted by Gasteiger charge is -2.31. The van der Waals surface area contributed by atoms with Crippen LogP contribution in [0.25, 0.3) is 0 Å². The molecule has 22 heavy (non-hydrogen) atoms. The third-order valence-corrected chi connectivity index (χ3v) is 5.27.